The van der Waals surface area contributed by atoms with Crippen molar-refractivity contribution in [3.63, 3.8) is 0 Å². The van der Waals surface area contributed by atoms with Crippen molar-refractivity contribution in [3.05, 3.63) is 111 Å². The highest BCUT2D eigenvalue weighted by Crippen LogP contribution is 2.28. The number of fused-ring (bicyclic) bond motifs is 1. The van der Waals surface area contributed by atoms with Crippen molar-refractivity contribution in [3.8, 4) is 11.5 Å². The molecule has 0 bridgehead atoms. The molecule has 10 heteroatoms. The quantitative estimate of drug-likeness (QED) is 0.117. The lowest BCUT2D eigenvalue weighted by molar-refractivity contribution is -0.384. The average molecular weight is 504 g/mol. The number of nitrogens with zero attached hydrogens (tertiary/aromatic N) is 2. The molecule has 0 atom stereocenters. The Balaban J connectivity index is 1.48. The zero-order valence-corrected chi connectivity index (χ0v) is 19.3. The molecule has 0 unspecified atom stereocenters. The second-order valence-electron chi connectivity index (χ2n) is 7.40. The number of amides is 1. The molecule has 0 aliphatic rings. The molecule has 36 heavy (non-hydrogen) atoms. The molecular formula is C26H18ClN3O6. The van der Waals surface area contributed by atoms with E-state index < -0.39 is 16.8 Å². The molecule has 1 N–H and O–H groups in total. The van der Waals surface area contributed by atoms with Crippen molar-refractivity contribution in [2.75, 3.05) is 6.61 Å². The smallest absolute Gasteiger partial charge is 0.345 e. The first-order chi connectivity index (χ1) is 17.4. The van der Waals surface area contributed by atoms with Gasteiger partial charge in [-0.3, -0.25) is 14.9 Å². The van der Waals surface area contributed by atoms with E-state index in [4.69, 9.17) is 21.1 Å². The van der Waals surface area contributed by atoms with Crippen LogP contribution in [0.15, 0.2) is 90.0 Å². The highest BCUT2D eigenvalue weighted by atomic mass is 35.5. The molecule has 4 rings (SSSR count). The number of hydrogen-bond acceptors (Lipinski definition) is 7. The highest BCUT2D eigenvalue weighted by Gasteiger charge is 2.16. The fraction of sp³-hybridized carbons (Fsp3) is 0.0385. The molecule has 4 aromatic rings. The van der Waals surface area contributed by atoms with Gasteiger partial charge in [0.2, 0.25) is 0 Å². The molecule has 0 aliphatic carbocycles. The maximum Gasteiger partial charge on any atom is 0.345 e. The summed E-state index contributed by atoms with van der Waals surface area (Å²) < 4.78 is 10.9. The Bertz CT molecular complexity index is 1470. The number of hydrazone groups is 1. The molecule has 180 valence electrons. The minimum absolute atomic E-state index is 0.0856. The number of ether oxygens (including phenoxy) is 2. The predicted octanol–water partition coefficient (Wildman–Crippen LogP) is 5.15. The van der Waals surface area contributed by atoms with Crippen molar-refractivity contribution in [1.29, 1.82) is 0 Å². The summed E-state index contributed by atoms with van der Waals surface area (Å²) in [4.78, 5) is 35.1. The minimum atomic E-state index is -0.633. The number of rotatable bonds is 8. The van der Waals surface area contributed by atoms with E-state index in [1.54, 1.807) is 36.4 Å². The maximum absolute atomic E-state index is 12.7. The lowest BCUT2D eigenvalue weighted by Crippen LogP contribution is -2.24. The molecule has 4 aromatic carbocycles. The van der Waals surface area contributed by atoms with E-state index in [1.807, 2.05) is 24.3 Å². The summed E-state index contributed by atoms with van der Waals surface area (Å²) >= 11 is 6.12. The van der Waals surface area contributed by atoms with E-state index in [-0.39, 0.29) is 28.6 Å². The summed E-state index contributed by atoms with van der Waals surface area (Å²) in [5.41, 5.74) is 2.96. The Kier molecular flexibility index (Phi) is 7.52. The van der Waals surface area contributed by atoms with Gasteiger partial charge in [-0.25, -0.2) is 10.2 Å². The number of carbonyl (C=O) groups excluding carboxylic acids is 2. The SMILES string of the molecule is O=C(COc1ccc([N+](=O)[O-])cc1)N/N=C/c1c(OC(=O)c2ccccc2Cl)ccc2ccccc12. The van der Waals surface area contributed by atoms with Gasteiger partial charge in [-0.05, 0) is 41.1 Å². The molecule has 1 amide bonds. The molecule has 0 fully saturated rings. The van der Waals surface area contributed by atoms with Gasteiger partial charge in [0, 0.05) is 17.7 Å². The molecule has 0 saturated heterocycles. The number of esters is 1. The Morgan fingerprint density at radius 2 is 1.69 bits per heavy atom. The summed E-state index contributed by atoms with van der Waals surface area (Å²) in [5, 5.41) is 16.6. The van der Waals surface area contributed by atoms with Crippen LogP contribution in [0.2, 0.25) is 5.02 Å². The van der Waals surface area contributed by atoms with Crippen LogP contribution in [0, 0.1) is 10.1 Å². The summed E-state index contributed by atoms with van der Waals surface area (Å²) in [7, 11) is 0. The van der Waals surface area contributed by atoms with Gasteiger partial charge in [-0.2, -0.15) is 5.10 Å². The summed E-state index contributed by atoms with van der Waals surface area (Å²) in [5.74, 6) is -0.660. The highest BCUT2D eigenvalue weighted by molar-refractivity contribution is 6.33. The number of carbonyl (C=O) groups is 2. The lowest BCUT2D eigenvalue weighted by Gasteiger charge is -2.11. The van der Waals surface area contributed by atoms with Crippen LogP contribution in [0.25, 0.3) is 10.8 Å². The Hall–Kier alpha value is -4.76. The molecule has 0 spiro atoms. The number of nitro groups is 1. The molecule has 0 saturated carbocycles. The molecule has 0 heterocycles. The fourth-order valence-corrected chi connectivity index (χ4v) is 3.51. The van der Waals surface area contributed by atoms with Gasteiger partial charge in [-0.15, -0.1) is 0 Å². The van der Waals surface area contributed by atoms with E-state index in [1.165, 1.54) is 30.5 Å². The van der Waals surface area contributed by atoms with E-state index in [9.17, 15) is 19.7 Å². The Morgan fingerprint density at radius 3 is 2.44 bits per heavy atom. The summed E-state index contributed by atoms with van der Waals surface area (Å²) in [6, 6.07) is 22.7. The van der Waals surface area contributed by atoms with Crippen molar-refractivity contribution < 1.29 is 24.0 Å². The molecular weight excluding hydrogens is 486 g/mol. The van der Waals surface area contributed by atoms with Crippen molar-refractivity contribution >= 4 is 46.2 Å². The second-order valence-corrected chi connectivity index (χ2v) is 7.81. The molecule has 0 aromatic heterocycles. The Morgan fingerprint density at radius 1 is 0.972 bits per heavy atom. The number of benzene rings is 4. The predicted molar refractivity (Wildman–Crippen MR) is 135 cm³/mol. The third-order valence-electron chi connectivity index (χ3n) is 5.03. The molecule has 0 aliphatic heterocycles. The third-order valence-corrected chi connectivity index (χ3v) is 5.36. The van der Waals surface area contributed by atoms with Gasteiger partial charge in [0.1, 0.15) is 11.5 Å². The largest absolute Gasteiger partial charge is 0.484 e. The summed E-state index contributed by atoms with van der Waals surface area (Å²) in [6.07, 6.45) is 1.38. The first-order valence-corrected chi connectivity index (χ1v) is 11.0. The van der Waals surface area contributed by atoms with Gasteiger partial charge >= 0.3 is 5.97 Å². The van der Waals surface area contributed by atoms with E-state index in [2.05, 4.69) is 10.5 Å². The van der Waals surface area contributed by atoms with Crippen molar-refractivity contribution in [2.45, 2.75) is 0 Å². The van der Waals surface area contributed by atoms with Crippen LogP contribution in [-0.2, 0) is 4.79 Å². The topological polar surface area (TPSA) is 120 Å². The number of nitrogens with one attached hydrogen (secondary N) is 1. The van der Waals surface area contributed by atoms with Crippen molar-refractivity contribution in [2.24, 2.45) is 5.10 Å². The van der Waals surface area contributed by atoms with Crippen LogP contribution in [0.3, 0.4) is 0 Å². The standard InChI is InChI=1S/C26H18ClN3O6/c27-23-8-4-3-7-21(23)26(32)36-24-14-9-17-5-1-2-6-20(17)22(24)15-28-29-25(31)16-35-19-12-10-18(11-13-19)30(33)34/h1-15H,16H2,(H,29,31)/b28-15+. The van der Waals surface area contributed by atoms with Gasteiger partial charge in [0.15, 0.2) is 6.61 Å². The maximum atomic E-state index is 12.7. The molecule has 9 nitrogen and oxygen atoms in total. The third kappa shape index (κ3) is 5.83. The van der Waals surface area contributed by atoms with Crippen LogP contribution >= 0.6 is 11.6 Å². The number of nitro benzene ring substituents is 1. The van der Waals surface area contributed by atoms with Crippen LogP contribution in [-0.4, -0.2) is 29.6 Å². The van der Waals surface area contributed by atoms with E-state index in [0.717, 1.165) is 10.8 Å². The first kappa shape index (κ1) is 24.4. The number of non-ortho nitro benzene ring substituents is 1. The van der Waals surface area contributed by atoms with E-state index >= 15 is 0 Å². The van der Waals surface area contributed by atoms with Crippen molar-refractivity contribution in [1.82, 2.24) is 5.43 Å². The second kappa shape index (κ2) is 11.1. The normalized spacial score (nSPS) is 10.8. The number of hydrogen-bond donors (Lipinski definition) is 1. The summed E-state index contributed by atoms with van der Waals surface area (Å²) in [6.45, 7) is -0.362. The van der Waals surface area contributed by atoms with Crippen LogP contribution < -0.4 is 14.9 Å². The van der Waals surface area contributed by atoms with Gasteiger partial charge in [0.25, 0.3) is 11.6 Å². The van der Waals surface area contributed by atoms with Crippen LogP contribution in [0.5, 0.6) is 11.5 Å². The fourth-order valence-electron chi connectivity index (χ4n) is 3.29. The zero-order chi connectivity index (χ0) is 25.5. The average Bonchev–Trinajstić information content (AvgIpc) is 2.89. The number of halogens is 1. The first-order valence-electron chi connectivity index (χ1n) is 10.6. The minimum Gasteiger partial charge on any atom is -0.484 e. The van der Waals surface area contributed by atoms with Gasteiger partial charge in [0.05, 0.1) is 21.7 Å². The van der Waals surface area contributed by atoms with Gasteiger partial charge in [-0.1, -0.05) is 54.1 Å². The van der Waals surface area contributed by atoms with Crippen LogP contribution in [0.1, 0.15) is 15.9 Å². The zero-order valence-electron chi connectivity index (χ0n) is 18.6. The van der Waals surface area contributed by atoms with Gasteiger partial charge < -0.3 is 9.47 Å². The molecule has 0 radical (unpaired) electrons. The monoisotopic (exact) mass is 503 g/mol. The van der Waals surface area contributed by atoms with E-state index in [0.29, 0.717) is 11.3 Å². The Labute approximate surface area is 210 Å². The lowest BCUT2D eigenvalue weighted by atomic mass is 10.0. The van der Waals surface area contributed by atoms with Crippen LogP contribution in [0.4, 0.5) is 5.69 Å².